The van der Waals surface area contributed by atoms with E-state index in [0.717, 1.165) is 11.1 Å². The molecular formula is C20H21NO. The number of rotatable bonds is 4. The van der Waals surface area contributed by atoms with E-state index in [0.29, 0.717) is 12.5 Å². The van der Waals surface area contributed by atoms with Crippen molar-refractivity contribution in [3.05, 3.63) is 71.4 Å². The zero-order valence-electron chi connectivity index (χ0n) is 13.3. The second-order valence-electron chi connectivity index (χ2n) is 6.21. The molecule has 22 heavy (non-hydrogen) atoms. The molecule has 2 heteroatoms. The Morgan fingerprint density at radius 1 is 1.05 bits per heavy atom. The van der Waals surface area contributed by atoms with Gasteiger partial charge in [-0.25, -0.2) is 0 Å². The minimum Gasteiger partial charge on any atom is -0.340 e. The molecule has 0 bridgehead atoms. The highest BCUT2D eigenvalue weighted by Crippen LogP contribution is 2.19. The molecule has 3 rings (SSSR count). The predicted molar refractivity (Wildman–Crippen MR) is 91.5 cm³/mol. The zero-order valence-corrected chi connectivity index (χ0v) is 13.3. The molecule has 0 aliphatic rings. The number of aryl methyl sites for hydroxylation is 1. The smallest absolute Gasteiger partial charge is 0.182 e. The van der Waals surface area contributed by atoms with Gasteiger partial charge < -0.3 is 4.57 Å². The summed E-state index contributed by atoms with van der Waals surface area (Å²) in [6, 6.07) is 16.4. The Morgan fingerprint density at radius 2 is 1.77 bits per heavy atom. The maximum atomic E-state index is 12.5. The Kier molecular flexibility index (Phi) is 3.84. The monoisotopic (exact) mass is 291 g/mol. The van der Waals surface area contributed by atoms with Crippen LogP contribution < -0.4 is 0 Å². The minimum atomic E-state index is 0.147. The third-order valence-corrected chi connectivity index (χ3v) is 4.14. The maximum absolute atomic E-state index is 12.5. The molecule has 0 radical (unpaired) electrons. The van der Waals surface area contributed by atoms with E-state index in [2.05, 4.69) is 57.2 Å². The van der Waals surface area contributed by atoms with Gasteiger partial charge in [0, 0.05) is 17.3 Å². The van der Waals surface area contributed by atoms with Gasteiger partial charge in [0.05, 0.1) is 6.54 Å². The number of hydrogen-bond donors (Lipinski definition) is 0. The highest BCUT2D eigenvalue weighted by Gasteiger charge is 2.09. The summed E-state index contributed by atoms with van der Waals surface area (Å²) < 4.78 is 2.02. The molecule has 0 aliphatic heterocycles. The van der Waals surface area contributed by atoms with Crippen molar-refractivity contribution in [3.63, 3.8) is 0 Å². The average molecular weight is 291 g/mol. The normalized spacial score (nSPS) is 11.3. The van der Waals surface area contributed by atoms with Crippen LogP contribution in [0.3, 0.4) is 0 Å². The highest BCUT2D eigenvalue weighted by molar-refractivity contribution is 5.97. The first kappa shape index (κ1) is 14.6. The van der Waals surface area contributed by atoms with E-state index in [1.165, 1.54) is 16.5 Å². The van der Waals surface area contributed by atoms with Gasteiger partial charge in [0.2, 0.25) is 0 Å². The first-order chi connectivity index (χ1) is 10.5. The lowest BCUT2D eigenvalue weighted by atomic mass is 10.0. The van der Waals surface area contributed by atoms with Gasteiger partial charge in [-0.05, 0) is 42.0 Å². The van der Waals surface area contributed by atoms with Gasteiger partial charge in [0.15, 0.2) is 5.78 Å². The van der Waals surface area contributed by atoms with Crippen LogP contribution in [0.5, 0.6) is 0 Å². The summed E-state index contributed by atoms with van der Waals surface area (Å²) >= 11 is 0. The number of nitrogens with zero attached hydrogens (tertiary/aromatic N) is 1. The van der Waals surface area contributed by atoms with Crippen molar-refractivity contribution >= 4 is 16.7 Å². The van der Waals surface area contributed by atoms with E-state index in [4.69, 9.17) is 0 Å². The third kappa shape index (κ3) is 2.82. The maximum Gasteiger partial charge on any atom is 0.182 e. The van der Waals surface area contributed by atoms with E-state index in [-0.39, 0.29) is 5.78 Å². The second-order valence-corrected chi connectivity index (χ2v) is 6.21. The van der Waals surface area contributed by atoms with Crippen LogP contribution in [0.25, 0.3) is 10.9 Å². The molecule has 0 amide bonds. The van der Waals surface area contributed by atoms with Crippen LogP contribution in [0.1, 0.15) is 41.3 Å². The SMILES string of the molecule is Cc1ccc2c(ccn2CC(=O)c2ccc(C(C)C)cc2)c1. The molecule has 0 N–H and O–H groups in total. The van der Waals surface area contributed by atoms with E-state index in [1.807, 2.05) is 22.9 Å². The lowest BCUT2D eigenvalue weighted by Crippen LogP contribution is -2.09. The summed E-state index contributed by atoms with van der Waals surface area (Å²) in [5.74, 6) is 0.633. The van der Waals surface area contributed by atoms with Gasteiger partial charge in [0.25, 0.3) is 0 Å². The molecule has 0 spiro atoms. The van der Waals surface area contributed by atoms with Crippen molar-refractivity contribution < 1.29 is 4.79 Å². The van der Waals surface area contributed by atoms with Crippen LogP contribution in [0.4, 0.5) is 0 Å². The number of hydrogen-bond acceptors (Lipinski definition) is 1. The fourth-order valence-corrected chi connectivity index (χ4v) is 2.76. The molecule has 3 aromatic rings. The molecule has 2 aromatic carbocycles. The number of aromatic nitrogens is 1. The van der Waals surface area contributed by atoms with Gasteiger partial charge >= 0.3 is 0 Å². The molecular weight excluding hydrogens is 270 g/mol. The van der Waals surface area contributed by atoms with Crippen molar-refractivity contribution in [1.82, 2.24) is 4.57 Å². The quantitative estimate of drug-likeness (QED) is 0.623. The number of carbonyl (C=O) groups excluding carboxylic acids is 1. The molecule has 0 saturated carbocycles. The van der Waals surface area contributed by atoms with Crippen molar-refractivity contribution in [2.24, 2.45) is 0 Å². The van der Waals surface area contributed by atoms with Crippen LogP contribution in [0, 0.1) is 6.92 Å². The molecule has 2 nitrogen and oxygen atoms in total. The van der Waals surface area contributed by atoms with Crippen molar-refractivity contribution in [2.75, 3.05) is 0 Å². The Morgan fingerprint density at radius 3 is 2.45 bits per heavy atom. The Balaban J connectivity index is 1.83. The van der Waals surface area contributed by atoms with E-state index >= 15 is 0 Å². The lowest BCUT2D eigenvalue weighted by molar-refractivity contribution is 0.0973. The minimum absolute atomic E-state index is 0.147. The van der Waals surface area contributed by atoms with Crippen LogP contribution in [-0.4, -0.2) is 10.4 Å². The molecule has 0 unspecified atom stereocenters. The number of carbonyl (C=O) groups is 1. The van der Waals surface area contributed by atoms with Crippen LogP contribution >= 0.6 is 0 Å². The largest absolute Gasteiger partial charge is 0.340 e. The molecule has 0 atom stereocenters. The molecule has 1 aromatic heterocycles. The van der Waals surface area contributed by atoms with Crippen molar-refractivity contribution in [1.29, 1.82) is 0 Å². The van der Waals surface area contributed by atoms with Gasteiger partial charge in [-0.3, -0.25) is 4.79 Å². The first-order valence-corrected chi connectivity index (χ1v) is 7.73. The predicted octanol–water partition coefficient (Wildman–Crippen LogP) is 4.96. The number of Topliss-reactive ketones (excluding diaryl/α,β-unsaturated/α-hetero) is 1. The van der Waals surface area contributed by atoms with Crippen LogP contribution in [0.2, 0.25) is 0 Å². The fraction of sp³-hybridized carbons (Fsp3) is 0.250. The summed E-state index contributed by atoms with van der Waals surface area (Å²) in [7, 11) is 0. The topological polar surface area (TPSA) is 22.0 Å². The first-order valence-electron chi connectivity index (χ1n) is 7.73. The van der Waals surface area contributed by atoms with Gasteiger partial charge in [-0.15, -0.1) is 0 Å². The van der Waals surface area contributed by atoms with Crippen LogP contribution in [-0.2, 0) is 6.54 Å². The Bertz CT molecular complexity index is 809. The molecule has 0 saturated heterocycles. The van der Waals surface area contributed by atoms with E-state index < -0.39 is 0 Å². The average Bonchev–Trinajstić information content (AvgIpc) is 2.89. The summed E-state index contributed by atoms with van der Waals surface area (Å²) in [5, 5.41) is 1.18. The molecule has 0 aliphatic carbocycles. The zero-order chi connectivity index (χ0) is 15.7. The fourth-order valence-electron chi connectivity index (χ4n) is 2.76. The van der Waals surface area contributed by atoms with Crippen molar-refractivity contribution in [2.45, 2.75) is 33.2 Å². The number of benzene rings is 2. The molecule has 0 fully saturated rings. The standard InChI is InChI=1S/C20H21NO/c1-14(2)16-5-7-17(8-6-16)20(22)13-21-11-10-18-12-15(3)4-9-19(18)21/h4-12,14H,13H2,1-3H3. The van der Waals surface area contributed by atoms with Crippen molar-refractivity contribution in [3.8, 4) is 0 Å². The van der Waals surface area contributed by atoms with E-state index in [9.17, 15) is 4.79 Å². The summed E-state index contributed by atoms with van der Waals surface area (Å²) in [5.41, 5.74) is 4.38. The second kappa shape index (κ2) is 5.80. The van der Waals surface area contributed by atoms with Gasteiger partial charge in [0.1, 0.15) is 0 Å². The Labute approximate surface area is 131 Å². The summed E-state index contributed by atoms with van der Waals surface area (Å²) in [6.07, 6.45) is 1.99. The molecule has 1 heterocycles. The Hall–Kier alpha value is -2.35. The number of ketones is 1. The highest BCUT2D eigenvalue weighted by atomic mass is 16.1. The van der Waals surface area contributed by atoms with E-state index in [1.54, 1.807) is 0 Å². The third-order valence-electron chi connectivity index (χ3n) is 4.14. The lowest BCUT2D eigenvalue weighted by Gasteiger charge is -2.08. The summed E-state index contributed by atoms with van der Waals surface area (Å²) in [4.78, 5) is 12.5. The molecule has 112 valence electrons. The number of fused-ring (bicyclic) bond motifs is 1. The van der Waals surface area contributed by atoms with Crippen LogP contribution in [0.15, 0.2) is 54.7 Å². The summed E-state index contributed by atoms with van der Waals surface area (Å²) in [6.45, 7) is 6.78. The van der Waals surface area contributed by atoms with Gasteiger partial charge in [-0.2, -0.15) is 0 Å². The van der Waals surface area contributed by atoms with Gasteiger partial charge in [-0.1, -0.05) is 49.7 Å².